The average Bonchev–Trinajstić information content (AvgIpc) is 1.83. The zero-order valence-electron chi connectivity index (χ0n) is 7.55. The van der Waals surface area contributed by atoms with Gasteiger partial charge >= 0.3 is 5.97 Å². The molecule has 0 amide bonds. The van der Waals surface area contributed by atoms with Crippen molar-refractivity contribution >= 4 is 11.8 Å². The number of Topliss-reactive ketones (excluding diaryl/α,β-unsaturated/α-hetero) is 1. The van der Waals surface area contributed by atoms with Crippen molar-refractivity contribution in [3.8, 4) is 0 Å². The van der Waals surface area contributed by atoms with Gasteiger partial charge in [0.2, 0.25) is 0 Å². The van der Waals surface area contributed by atoms with Crippen molar-refractivity contribution in [1.82, 2.24) is 0 Å². The van der Waals surface area contributed by atoms with E-state index in [-0.39, 0.29) is 11.4 Å². The first kappa shape index (κ1) is 9.23. The highest BCUT2D eigenvalue weighted by Gasteiger charge is 2.38. The first-order valence-electron chi connectivity index (χ1n) is 4.17. The summed E-state index contributed by atoms with van der Waals surface area (Å²) in [5.41, 5.74) is 0.104. The quantitative estimate of drug-likeness (QED) is 0.600. The fourth-order valence-electron chi connectivity index (χ4n) is 1.52. The minimum absolute atomic E-state index is 0.104. The Bertz CT molecular complexity index is 200. The summed E-state index contributed by atoms with van der Waals surface area (Å²) >= 11 is 0. The van der Waals surface area contributed by atoms with Crippen LogP contribution in [0, 0.1) is 5.41 Å². The van der Waals surface area contributed by atoms with Crippen LogP contribution in [0.4, 0.5) is 0 Å². The predicted octanol–water partition coefficient (Wildman–Crippen LogP) is 1.31. The van der Waals surface area contributed by atoms with Crippen LogP contribution in [0.5, 0.6) is 0 Å². The summed E-state index contributed by atoms with van der Waals surface area (Å²) in [4.78, 5) is 21.1. The lowest BCUT2D eigenvalue weighted by atomic mass is 9.67. The first-order valence-corrected chi connectivity index (χ1v) is 4.17. The predicted molar refractivity (Wildman–Crippen MR) is 43.6 cm³/mol. The molecule has 3 nitrogen and oxygen atoms in total. The Morgan fingerprint density at radius 1 is 1.58 bits per heavy atom. The van der Waals surface area contributed by atoms with E-state index >= 15 is 0 Å². The number of hydrogen-bond acceptors (Lipinski definition) is 3. The fourth-order valence-corrected chi connectivity index (χ4v) is 1.52. The van der Waals surface area contributed by atoms with E-state index in [2.05, 4.69) is 6.92 Å². The zero-order valence-corrected chi connectivity index (χ0v) is 7.55. The third-order valence-corrected chi connectivity index (χ3v) is 2.26. The topological polar surface area (TPSA) is 43.4 Å². The minimum atomic E-state index is -0.246. The van der Waals surface area contributed by atoms with Crippen LogP contribution in [0.15, 0.2) is 0 Å². The minimum Gasteiger partial charge on any atom is -0.466 e. The van der Waals surface area contributed by atoms with Gasteiger partial charge in [-0.25, -0.2) is 0 Å². The molecule has 0 atom stereocenters. The van der Waals surface area contributed by atoms with Crippen LogP contribution in [0.3, 0.4) is 0 Å². The Hall–Kier alpha value is -0.860. The molecule has 0 saturated heterocycles. The highest BCUT2D eigenvalue weighted by molar-refractivity contribution is 5.85. The second-order valence-corrected chi connectivity index (χ2v) is 3.79. The second-order valence-electron chi connectivity index (χ2n) is 3.79. The third-order valence-electron chi connectivity index (χ3n) is 2.26. The molecule has 0 aliphatic heterocycles. The third kappa shape index (κ3) is 2.32. The Morgan fingerprint density at radius 3 is 2.58 bits per heavy atom. The number of esters is 1. The van der Waals surface area contributed by atoms with Gasteiger partial charge in [0.25, 0.3) is 0 Å². The molecule has 1 rings (SSSR count). The van der Waals surface area contributed by atoms with Crippen molar-refractivity contribution in [2.75, 3.05) is 6.61 Å². The maximum absolute atomic E-state index is 10.7. The maximum atomic E-state index is 10.7. The number of hydrogen-bond donors (Lipinski definition) is 0. The summed E-state index contributed by atoms with van der Waals surface area (Å²) < 4.78 is 4.80. The number of rotatable bonds is 3. The van der Waals surface area contributed by atoms with Crippen LogP contribution < -0.4 is 0 Å². The van der Waals surface area contributed by atoms with E-state index in [1.807, 2.05) is 0 Å². The van der Waals surface area contributed by atoms with Crippen LogP contribution in [0.25, 0.3) is 0 Å². The van der Waals surface area contributed by atoms with Crippen molar-refractivity contribution in [3.05, 3.63) is 0 Å². The summed E-state index contributed by atoms with van der Waals surface area (Å²) in [6.07, 6.45) is 2.10. The lowest BCUT2D eigenvalue weighted by molar-refractivity contribution is -0.142. The molecule has 0 N–H and O–H groups in total. The molecule has 0 heterocycles. The van der Waals surface area contributed by atoms with Gasteiger partial charge in [0.1, 0.15) is 5.78 Å². The largest absolute Gasteiger partial charge is 0.466 e. The summed E-state index contributed by atoms with van der Waals surface area (Å²) in [7, 11) is 0. The molecule has 1 aliphatic rings. The van der Waals surface area contributed by atoms with Crippen molar-refractivity contribution in [2.45, 2.75) is 33.1 Å². The Morgan fingerprint density at radius 2 is 2.17 bits per heavy atom. The molecule has 0 unspecified atom stereocenters. The maximum Gasteiger partial charge on any atom is 0.302 e. The molecule has 3 heteroatoms. The first-order chi connectivity index (χ1) is 5.52. The summed E-state index contributed by atoms with van der Waals surface area (Å²) in [6, 6.07) is 0. The molecule has 12 heavy (non-hydrogen) atoms. The van der Waals surface area contributed by atoms with Gasteiger partial charge in [0.05, 0.1) is 6.61 Å². The average molecular weight is 170 g/mol. The summed E-state index contributed by atoms with van der Waals surface area (Å²) in [5, 5.41) is 0. The van der Waals surface area contributed by atoms with Crippen molar-refractivity contribution in [2.24, 2.45) is 5.41 Å². The molecule has 0 aromatic rings. The van der Waals surface area contributed by atoms with Gasteiger partial charge < -0.3 is 4.74 Å². The smallest absolute Gasteiger partial charge is 0.302 e. The lowest BCUT2D eigenvalue weighted by Gasteiger charge is -2.36. The Balaban J connectivity index is 2.15. The molecule has 1 fully saturated rings. The van der Waals surface area contributed by atoms with Crippen molar-refractivity contribution in [3.63, 3.8) is 0 Å². The van der Waals surface area contributed by atoms with E-state index in [1.54, 1.807) is 0 Å². The Labute approximate surface area is 72.1 Å². The number of ketones is 1. The zero-order chi connectivity index (χ0) is 9.19. The van der Waals surface area contributed by atoms with Gasteiger partial charge in [-0.1, -0.05) is 6.92 Å². The van der Waals surface area contributed by atoms with E-state index in [0.29, 0.717) is 25.2 Å². The molecule has 0 aromatic heterocycles. The van der Waals surface area contributed by atoms with Gasteiger partial charge in [0.15, 0.2) is 0 Å². The van der Waals surface area contributed by atoms with Crippen LogP contribution in [0.1, 0.15) is 33.1 Å². The normalized spacial score (nSPS) is 20.0. The highest BCUT2D eigenvalue weighted by atomic mass is 16.5. The fraction of sp³-hybridized carbons (Fsp3) is 0.778. The Kier molecular flexibility index (Phi) is 2.50. The van der Waals surface area contributed by atoms with Crippen molar-refractivity contribution < 1.29 is 14.3 Å². The molecule has 0 bridgehead atoms. The monoisotopic (exact) mass is 170 g/mol. The summed E-state index contributed by atoms with van der Waals surface area (Å²) in [6.45, 7) is 3.89. The highest BCUT2D eigenvalue weighted by Crippen LogP contribution is 2.40. The van der Waals surface area contributed by atoms with Gasteiger partial charge in [-0.3, -0.25) is 9.59 Å². The molecule has 0 aromatic carbocycles. The van der Waals surface area contributed by atoms with Crippen LogP contribution in [-0.4, -0.2) is 18.4 Å². The van der Waals surface area contributed by atoms with E-state index in [1.165, 1.54) is 6.92 Å². The molecular formula is C9H14O3. The molecular weight excluding hydrogens is 156 g/mol. The molecule has 68 valence electrons. The van der Waals surface area contributed by atoms with Crippen LogP contribution >= 0.6 is 0 Å². The van der Waals surface area contributed by atoms with Gasteiger partial charge in [0, 0.05) is 19.8 Å². The van der Waals surface area contributed by atoms with Crippen LogP contribution in [0.2, 0.25) is 0 Å². The number of ether oxygens (including phenoxy) is 1. The number of carbonyl (C=O) groups is 2. The van der Waals surface area contributed by atoms with E-state index in [0.717, 1.165) is 6.42 Å². The molecule has 1 saturated carbocycles. The van der Waals surface area contributed by atoms with Gasteiger partial charge in [-0.2, -0.15) is 0 Å². The molecule has 0 radical (unpaired) electrons. The summed E-state index contributed by atoms with van der Waals surface area (Å²) in [5.74, 6) is 0.0737. The van der Waals surface area contributed by atoms with E-state index < -0.39 is 0 Å². The van der Waals surface area contributed by atoms with Gasteiger partial charge in [-0.05, 0) is 11.8 Å². The van der Waals surface area contributed by atoms with E-state index in [4.69, 9.17) is 4.74 Å². The van der Waals surface area contributed by atoms with Crippen molar-refractivity contribution in [1.29, 1.82) is 0 Å². The van der Waals surface area contributed by atoms with Gasteiger partial charge in [-0.15, -0.1) is 0 Å². The molecule has 1 aliphatic carbocycles. The number of carbonyl (C=O) groups excluding carboxylic acids is 2. The standard InChI is InChI=1S/C9H14O3/c1-7(10)12-4-3-9(2)5-8(11)6-9/h3-6H2,1-2H3. The SMILES string of the molecule is CC(=O)OCCC1(C)CC(=O)C1. The second kappa shape index (κ2) is 3.25. The lowest BCUT2D eigenvalue weighted by Crippen LogP contribution is -2.35. The van der Waals surface area contributed by atoms with Crippen LogP contribution in [-0.2, 0) is 14.3 Å². The molecule has 0 spiro atoms. The van der Waals surface area contributed by atoms with E-state index in [9.17, 15) is 9.59 Å².